The minimum Gasteiger partial charge on any atom is -0.379 e. The number of aryl methyl sites for hydroxylation is 1. The lowest BCUT2D eigenvalue weighted by molar-refractivity contribution is -0.128. The van der Waals surface area contributed by atoms with E-state index in [1.807, 2.05) is 23.1 Å². The molecule has 2 aliphatic rings. The number of nitrogens with zero attached hydrogens (tertiary/aromatic N) is 2. The number of likely N-dealkylation sites (N-methyl/N-ethyl adjacent to an activating group) is 1. The van der Waals surface area contributed by atoms with Crippen LogP contribution in [0.15, 0.2) is 60.7 Å². The number of rotatable bonds is 7. The maximum Gasteiger partial charge on any atom is 0.249 e. The van der Waals surface area contributed by atoms with Crippen LogP contribution in [0.5, 0.6) is 0 Å². The topological polar surface area (TPSA) is 73.9 Å². The Kier molecular flexibility index (Phi) is 7.84. The Hall–Kier alpha value is -3.26. The number of ether oxygens (including phenoxy) is 1. The van der Waals surface area contributed by atoms with E-state index in [-0.39, 0.29) is 17.9 Å². The fourth-order valence-electron chi connectivity index (χ4n) is 5.31. The van der Waals surface area contributed by atoms with Crippen LogP contribution in [0.2, 0.25) is 0 Å². The van der Waals surface area contributed by atoms with E-state index in [1.165, 1.54) is 10.9 Å². The van der Waals surface area contributed by atoms with E-state index in [4.69, 9.17) is 4.74 Å². The first kappa shape index (κ1) is 25.4. The fourth-order valence-corrected chi connectivity index (χ4v) is 5.31. The summed E-state index contributed by atoms with van der Waals surface area (Å²) in [5.74, 6) is -0.229. The van der Waals surface area contributed by atoms with E-state index in [1.54, 1.807) is 14.0 Å². The van der Waals surface area contributed by atoms with Crippen molar-refractivity contribution in [2.24, 2.45) is 0 Å². The van der Waals surface area contributed by atoms with Gasteiger partial charge in [-0.1, -0.05) is 54.6 Å². The standard InChI is InChI=1S/C30H36N4O3/c1-21(31-2)29(35)32-27-14-13-22-7-3-6-10-28(22)34(30(27)36)20-24-12-11-23(19-33-15-17-37-18-16-33)25-8-4-5-9-26(24)25/h3-12,21,27,31H,13-20H2,1-2H3,(H,32,35). The van der Waals surface area contributed by atoms with Crippen LogP contribution in [0, 0.1) is 0 Å². The summed E-state index contributed by atoms with van der Waals surface area (Å²) >= 11 is 0. The summed E-state index contributed by atoms with van der Waals surface area (Å²) < 4.78 is 5.52. The van der Waals surface area contributed by atoms with Crippen molar-refractivity contribution in [3.8, 4) is 0 Å². The smallest absolute Gasteiger partial charge is 0.249 e. The van der Waals surface area contributed by atoms with Gasteiger partial charge in [0, 0.05) is 25.3 Å². The number of hydrogen-bond donors (Lipinski definition) is 2. The molecule has 1 saturated heterocycles. The second-order valence-electron chi connectivity index (χ2n) is 9.98. The number of benzene rings is 3. The number of fused-ring (bicyclic) bond motifs is 2. The summed E-state index contributed by atoms with van der Waals surface area (Å²) in [5, 5.41) is 8.33. The zero-order chi connectivity index (χ0) is 25.8. The average molecular weight is 501 g/mol. The Morgan fingerprint density at radius 2 is 1.62 bits per heavy atom. The van der Waals surface area contributed by atoms with Crippen LogP contribution in [0.1, 0.15) is 30.0 Å². The lowest BCUT2D eigenvalue weighted by Gasteiger charge is -2.29. The van der Waals surface area contributed by atoms with Crippen molar-refractivity contribution in [2.45, 2.75) is 44.9 Å². The molecule has 2 atom stereocenters. The third-order valence-electron chi connectivity index (χ3n) is 7.62. The summed E-state index contributed by atoms with van der Waals surface area (Å²) in [4.78, 5) is 30.8. The predicted octanol–water partition coefficient (Wildman–Crippen LogP) is 3.24. The van der Waals surface area contributed by atoms with Crippen LogP contribution in [0.4, 0.5) is 5.69 Å². The number of hydrogen-bond acceptors (Lipinski definition) is 5. The Labute approximate surface area is 218 Å². The lowest BCUT2D eigenvalue weighted by Crippen LogP contribution is -2.52. The Balaban J connectivity index is 1.47. The molecule has 0 aliphatic carbocycles. The van der Waals surface area contributed by atoms with Gasteiger partial charge in [0.1, 0.15) is 6.04 Å². The van der Waals surface area contributed by atoms with E-state index in [0.717, 1.165) is 61.5 Å². The summed E-state index contributed by atoms with van der Waals surface area (Å²) in [6.45, 7) is 6.56. The molecule has 2 heterocycles. The van der Waals surface area contributed by atoms with E-state index in [2.05, 4.69) is 58.0 Å². The number of para-hydroxylation sites is 1. The van der Waals surface area contributed by atoms with Gasteiger partial charge in [-0.05, 0) is 60.3 Å². The minimum atomic E-state index is -0.567. The quantitative estimate of drug-likeness (QED) is 0.521. The number of amides is 2. The molecule has 1 fully saturated rings. The third kappa shape index (κ3) is 5.54. The summed E-state index contributed by atoms with van der Waals surface area (Å²) in [6.07, 6.45) is 1.31. The van der Waals surface area contributed by atoms with E-state index in [9.17, 15) is 9.59 Å². The molecular formula is C30H36N4O3. The molecule has 7 nitrogen and oxygen atoms in total. The molecule has 7 heteroatoms. The summed E-state index contributed by atoms with van der Waals surface area (Å²) in [5.41, 5.74) is 4.44. The second-order valence-corrected chi connectivity index (χ2v) is 9.98. The SMILES string of the molecule is CNC(C)C(=O)NC1CCc2ccccc2N(Cc2ccc(CN3CCOCC3)c3ccccc23)C1=O. The molecule has 0 radical (unpaired) electrons. The van der Waals surface area contributed by atoms with Gasteiger partial charge in [0.15, 0.2) is 0 Å². The highest BCUT2D eigenvalue weighted by Crippen LogP contribution is 2.31. The largest absolute Gasteiger partial charge is 0.379 e. The molecule has 194 valence electrons. The van der Waals surface area contributed by atoms with E-state index >= 15 is 0 Å². The predicted molar refractivity (Wildman–Crippen MR) is 146 cm³/mol. The van der Waals surface area contributed by atoms with Crippen molar-refractivity contribution in [3.63, 3.8) is 0 Å². The van der Waals surface area contributed by atoms with Gasteiger partial charge in [-0.25, -0.2) is 0 Å². The van der Waals surface area contributed by atoms with Gasteiger partial charge in [0.2, 0.25) is 11.8 Å². The molecule has 2 N–H and O–H groups in total. The van der Waals surface area contributed by atoms with Gasteiger partial charge in [0.25, 0.3) is 0 Å². The highest BCUT2D eigenvalue weighted by atomic mass is 16.5. The van der Waals surface area contributed by atoms with Gasteiger partial charge in [0.05, 0.1) is 25.8 Å². The Bertz CT molecular complexity index is 1270. The first-order valence-corrected chi connectivity index (χ1v) is 13.2. The highest BCUT2D eigenvalue weighted by molar-refractivity contribution is 6.01. The molecule has 0 aromatic heterocycles. The molecule has 2 unspecified atom stereocenters. The first-order valence-electron chi connectivity index (χ1n) is 13.2. The number of carbonyl (C=O) groups excluding carboxylic acids is 2. The number of nitrogens with one attached hydrogen (secondary N) is 2. The molecular weight excluding hydrogens is 464 g/mol. The van der Waals surface area contributed by atoms with Crippen molar-refractivity contribution < 1.29 is 14.3 Å². The Morgan fingerprint density at radius 3 is 2.32 bits per heavy atom. The molecule has 0 spiro atoms. The average Bonchev–Trinajstić information content (AvgIpc) is 3.06. The summed E-state index contributed by atoms with van der Waals surface area (Å²) in [6, 6.07) is 20.0. The molecule has 5 rings (SSSR count). The van der Waals surface area contributed by atoms with Crippen LogP contribution in [0.25, 0.3) is 10.8 Å². The third-order valence-corrected chi connectivity index (χ3v) is 7.62. The van der Waals surface area contributed by atoms with E-state index in [0.29, 0.717) is 13.0 Å². The molecule has 0 bridgehead atoms. The van der Waals surface area contributed by atoms with E-state index < -0.39 is 6.04 Å². The van der Waals surface area contributed by atoms with Crippen molar-refractivity contribution in [1.29, 1.82) is 0 Å². The van der Waals surface area contributed by atoms with Gasteiger partial charge in [-0.15, -0.1) is 0 Å². The maximum absolute atomic E-state index is 13.9. The second kappa shape index (κ2) is 11.4. The van der Waals surface area contributed by atoms with Crippen molar-refractivity contribution >= 4 is 28.3 Å². The normalized spacial score (nSPS) is 19.4. The fraction of sp³-hybridized carbons (Fsp3) is 0.400. The maximum atomic E-state index is 13.9. The zero-order valence-corrected chi connectivity index (χ0v) is 21.7. The van der Waals surface area contributed by atoms with Gasteiger partial charge < -0.3 is 20.3 Å². The van der Waals surface area contributed by atoms with Crippen molar-refractivity contribution in [3.05, 3.63) is 77.4 Å². The van der Waals surface area contributed by atoms with Crippen LogP contribution in [-0.2, 0) is 33.8 Å². The molecule has 3 aromatic carbocycles. The Morgan fingerprint density at radius 1 is 0.973 bits per heavy atom. The van der Waals surface area contributed by atoms with Crippen molar-refractivity contribution in [2.75, 3.05) is 38.3 Å². The monoisotopic (exact) mass is 500 g/mol. The van der Waals surface area contributed by atoms with Gasteiger partial charge in [-0.3, -0.25) is 14.5 Å². The molecule has 2 aliphatic heterocycles. The molecule has 37 heavy (non-hydrogen) atoms. The molecule has 0 saturated carbocycles. The van der Waals surface area contributed by atoms with Crippen LogP contribution in [-0.4, -0.2) is 62.1 Å². The zero-order valence-electron chi connectivity index (χ0n) is 21.7. The number of morpholine rings is 1. The first-order chi connectivity index (χ1) is 18.0. The van der Waals surface area contributed by atoms with Gasteiger partial charge in [-0.2, -0.15) is 0 Å². The number of anilines is 1. The van der Waals surface area contributed by atoms with Gasteiger partial charge >= 0.3 is 0 Å². The lowest BCUT2D eigenvalue weighted by atomic mass is 9.98. The molecule has 2 amide bonds. The summed E-state index contributed by atoms with van der Waals surface area (Å²) in [7, 11) is 1.75. The minimum absolute atomic E-state index is 0.0666. The van der Waals surface area contributed by atoms with Crippen LogP contribution >= 0.6 is 0 Å². The van der Waals surface area contributed by atoms with Crippen molar-refractivity contribution in [1.82, 2.24) is 15.5 Å². The molecule has 3 aromatic rings. The number of carbonyl (C=O) groups is 2. The van der Waals surface area contributed by atoms with Crippen LogP contribution in [0.3, 0.4) is 0 Å². The highest BCUT2D eigenvalue weighted by Gasteiger charge is 2.32. The van der Waals surface area contributed by atoms with Crippen LogP contribution < -0.4 is 15.5 Å².